The molecule has 1 unspecified atom stereocenters. The zero-order valence-electron chi connectivity index (χ0n) is 16.8. The highest BCUT2D eigenvalue weighted by atomic mass is 16.5. The summed E-state index contributed by atoms with van der Waals surface area (Å²) in [6.45, 7) is 0.114. The number of carbonyl (C=O) groups excluding carboxylic acids is 2. The van der Waals surface area contributed by atoms with Crippen molar-refractivity contribution >= 4 is 18.0 Å². The third kappa shape index (κ3) is 5.93. The lowest BCUT2D eigenvalue weighted by Crippen LogP contribution is -2.32. The second kappa shape index (κ2) is 10.4. The second-order valence-corrected chi connectivity index (χ2v) is 7.11. The van der Waals surface area contributed by atoms with E-state index in [-0.39, 0.29) is 25.6 Å². The fourth-order valence-corrected chi connectivity index (χ4v) is 3.51. The Labute approximate surface area is 179 Å². The Balaban J connectivity index is 1.42. The zero-order chi connectivity index (χ0) is 22.2. The lowest BCUT2D eigenvalue weighted by atomic mass is 9.98. The van der Waals surface area contributed by atoms with Crippen LogP contribution in [0.15, 0.2) is 60.7 Å². The zero-order valence-corrected chi connectivity index (χ0v) is 16.8. The first-order valence-electron chi connectivity index (χ1n) is 9.88. The number of rotatable bonds is 9. The molecule has 1 aliphatic rings. The molecule has 0 aliphatic heterocycles. The number of hydrogen-bond donors (Lipinski definition) is 4. The van der Waals surface area contributed by atoms with E-state index in [1.807, 2.05) is 36.4 Å². The number of ether oxygens (including phenoxy) is 1. The fourth-order valence-electron chi connectivity index (χ4n) is 3.51. The van der Waals surface area contributed by atoms with E-state index in [1.165, 1.54) is 12.2 Å². The fraction of sp³-hybridized carbons (Fsp3) is 0.261. The number of carbonyl (C=O) groups is 3. The Morgan fingerprint density at radius 1 is 1.00 bits per heavy atom. The third-order valence-corrected chi connectivity index (χ3v) is 4.90. The van der Waals surface area contributed by atoms with E-state index in [9.17, 15) is 19.5 Å². The molecule has 162 valence electrons. The molecule has 8 heteroatoms. The second-order valence-electron chi connectivity index (χ2n) is 7.11. The number of fused-ring (bicyclic) bond motifs is 3. The van der Waals surface area contributed by atoms with Crippen molar-refractivity contribution < 1.29 is 29.3 Å². The molecule has 8 nitrogen and oxygen atoms in total. The summed E-state index contributed by atoms with van der Waals surface area (Å²) in [6.07, 6.45) is 0.419. The molecule has 1 aliphatic carbocycles. The van der Waals surface area contributed by atoms with Gasteiger partial charge in [-0.1, -0.05) is 54.6 Å². The third-order valence-electron chi connectivity index (χ3n) is 4.90. The average molecular weight is 424 g/mol. The molecule has 0 saturated heterocycles. The number of aliphatic carboxylic acids is 1. The SMILES string of the molecule is O=C(O)CC(O)CNC(=O)/C=C/CNC(=O)OCC1c2ccccc2-c2ccccc21. The minimum atomic E-state index is -1.16. The van der Waals surface area contributed by atoms with Gasteiger partial charge in [-0.3, -0.25) is 9.59 Å². The normalized spacial score (nSPS) is 13.3. The Morgan fingerprint density at radius 3 is 2.23 bits per heavy atom. The van der Waals surface area contributed by atoms with Gasteiger partial charge < -0.3 is 25.6 Å². The van der Waals surface area contributed by atoms with Crippen molar-refractivity contribution in [3.05, 3.63) is 71.8 Å². The van der Waals surface area contributed by atoms with Gasteiger partial charge in [0.05, 0.1) is 12.5 Å². The summed E-state index contributed by atoms with van der Waals surface area (Å²) in [4.78, 5) is 34.1. The summed E-state index contributed by atoms with van der Waals surface area (Å²) < 4.78 is 5.39. The van der Waals surface area contributed by atoms with E-state index in [0.717, 1.165) is 22.3 Å². The lowest BCUT2D eigenvalue weighted by molar-refractivity contribution is -0.139. The van der Waals surface area contributed by atoms with Crippen LogP contribution in [-0.2, 0) is 14.3 Å². The summed E-state index contributed by atoms with van der Waals surface area (Å²) in [5, 5.41) is 22.9. The van der Waals surface area contributed by atoms with E-state index < -0.39 is 30.5 Å². The van der Waals surface area contributed by atoms with Crippen LogP contribution in [0.4, 0.5) is 4.79 Å². The first-order valence-corrected chi connectivity index (χ1v) is 9.88. The average Bonchev–Trinajstić information content (AvgIpc) is 3.07. The largest absolute Gasteiger partial charge is 0.481 e. The molecule has 0 fully saturated rings. The van der Waals surface area contributed by atoms with Crippen LogP contribution >= 0.6 is 0 Å². The molecule has 3 rings (SSSR count). The first kappa shape index (κ1) is 22.0. The van der Waals surface area contributed by atoms with Crippen molar-refractivity contribution in [2.75, 3.05) is 19.7 Å². The Bertz CT molecular complexity index is 942. The molecule has 4 N–H and O–H groups in total. The van der Waals surface area contributed by atoms with Gasteiger partial charge in [-0.25, -0.2) is 4.79 Å². The first-order chi connectivity index (χ1) is 15.0. The maximum Gasteiger partial charge on any atom is 0.407 e. The molecule has 1 atom stereocenters. The highest BCUT2D eigenvalue weighted by Crippen LogP contribution is 2.44. The number of aliphatic hydroxyl groups excluding tert-OH is 1. The number of alkyl carbamates (subject to hydrolysis) is 1. The van der Waals surface area contributed by atoms with Crippen LogP contribution in [0, 0.1) is 0 Å². The van der Waals surface area contributed by atoms with Gasteiger partial charge in [-0.15, -0.1) is 0 Å². The molecule has 2 aromatic carbocycles. The van der Waals surface area contributed by atoms with Crippen molar-refractivity contribution in [1.29, 1.82) is 0 Å². The maximum atomic E-state index is 12.0. The highest BCUT2D eigenvalue weighted by molar-refractivity contribution is 5.87. The quantitative estimate of drug-likeness (QED) is 0.457. The molecule has 0 bridgehead atoms. The number of benzene rings is 2. The topological polar surface area (TPSA) is 125 Å². The maximum absolute atomic E-state index is 12.0. The summed E-state index contributed by atoms with van der Waals surface area (Å²) in [7, 11) is 0. The van der Waals surface area contributed by atoms with Crippen molar-refractivity contribution in [2.45, 2.75) is 18.4 Å². The number of carboxylic acid groups (broad SMARTS) is 1. The molecular weight excluding hydrogens is 400 g/mol. The van der Waals surface area contributed by atoms with Crippen molar-refractivity contribution in [2.24, 2.45) is 0 Å². The number of aliphatic hydroxyl groups is 1. The Morgan fingerprint density at radius 2 is 1.61 bits per heavy atom. The Kier molecular flexibility index (Phi) is 7.40. The van der Waals surface area contributed by atoms with E-state index in [4.69, 9.17) is 9.84 Å². The minimum absolute atomic E-state index is 0.0308. The van der Waals surface area contributed by atoms with Gasteiger partial charge >= 0.3 is 12.1 Å². The molecule has 2 aromatic rings. The summed E-state index contributed by atoms with van der Waals surface area (Å²) in [5.74, 6) is -1.68. The summed E-state index contributed by atoms with van der Waals surface area (Å²) >= 11 is 0. The predicted molar refractivity (Wildman–Crippen MR) is 113 cm³/mol. The minimum Gasteiger partial charge on any atom is -0.481 e. The van der Waals surface area contributed by atoms with E-state index in [0.29, 0.717) is 0 Å². The van der Waals surface area contributed by atoms with Crippen LogP contribution in [0.2, 0.25) is 0 Å². The van der Waals surface area contributed by atoms with E-state index in [2.05, 4.69) is 22.8 Å². The van der Waals surface area contributed by atoms with Crippen molar-refractivity contribution in [3.8, 4) is 11.1 Å². The molecule has 0 spiro atoms. The number of nitrogens with one attached hydrogen (secondary N) is 2. The van der Waals surface area contributed by atoms with Crippen LogP contribution in [0.5, 0.6) is 0 Å². The van der Waals surface area contributed by atoms with E-state index in [1.54, 1.807) is 0 Å². The van der Waals surface area contributed by atoms with Crippen LogP contribution in [0.25, 0.3) is 11.1 Å². The van der Waals surface area contributed by atoms with Crippen LogP contribution < -0.4 is 10.6 Å². The number of carboxylic acids is 1. The monoisotopic (exact) mass is 424 g/mol. The summed E-state index contributed by atoms with van der Waals surface area (Å²) in [6, 6.07) is 16.1. The molecule has 0 aromatic heterocycles. The van der Waals surface area contributed by atoms with Crippen LogP contribution in [-0.4, -0.2) is 54.0 Å². The predicted octanol–water partition coefficient (Wildman–Crippen LogP) is 2.03. The molecule has 0 saturated carbocycles. The number of amides is 2. The Hall–Kier alpha value is -3.65. The number of hydrogen-bond acceptors (Lipinski definition) is 5. The standard InChI is InChI=1S/C23H24N2O6/c26-15(12-22(28)29)13-25-21(27)10-5-11-24-23(30)31-14-20-18-8-3-1-6-16(18)17-7-2-4-9-19(17)20/h1-10,15,20,26H,11-14H2,(H,24,30)(H,25,27)(H,28,29)/b10-5+. The molecule has 31 heavy (non-hydrogen) atoms. The highest BCUT2D eigenvalue weighted by Gasteiger charge is 2.28. The van der Waals surface area contributed by atoms with Gasteiger partial charge in [0.2, 0.25) is 5.91 Å². The summed E-state index contributed by atoms with van der Waals surface area (Å²) in [5.41, 5.74) is 4.54. The van der Waals surface area contributed by atoms with Gasteiger partial charge in [0.25, 0.3) is 0 Å². The van der Waals surface area contributed by atoms with Crippen molar-refractivity contribution in [1.82, 2.24) is 10.6 Å². The molecule has 2 amide bonds. The van der Waals surface area contributed by atoms with Gasteiger partial charge in [0.1, 0.15) is 6.61 Å². The van der Waals surface area contributed by atoms with Crippen molar-refractivity contribution in [3.63, 3.8) is 0 Å². The van der Waals surface area contributed by atoms with Gasteiger partial charge in [-0.2, -0.15) is 0 Å². The van der Waals surface area contributed by atoms with Gasteiger partial charge in [-0.05, 0) is 22.3 Å². The van der Waals surface area contributed by atoms with Gasteiger partial charge in [0.15, 0.2) is 0 Å². The lowest BCUT2D eigenvalue weighted by Gasteiger charge is -2.14. The molecule has 0 radical (unpaired) electrons. The van der Waals surface area contributed by atoms with Gasteiger partial charge in [0, 0.05) is 25.1 Å². The van der Waals surface area contributed by atoms with Crippen LogP contribution in [0.3, 0.4) is 0 Å². The van der Waals surface area contributed by atoms with E-state index >= 15 is 0 Å². The smallest absolute Gasteiger partial charge is 0.407 e. The van der Waals surface area contributed by atoms with Crippen LogP contribution in [0.1, 0.15) is 23.5 Å². The molecule has 0 heterocycles. The molecular formula is C23H24N2O6.